The molecule has 1 aliphatic heterocycles. The quantitative estimate of drug-likeness (QED) is 0.769. The van der Waals surface area contributed by atoms with Gasteiger partial charge in [0.2, 0.25) is 5.91 Å². The van der Waals surface area contributed by atoms with Crippen molar-refractivity contribution in [3.8, 4) is 0 Å². The van der Waals surface area contributed by atoms with Gasteiger partial charge in [0.15, 0.2) is 0 Å². The van der Waals surface area contributed by atoms with E-state index in [-0.39, 0.29) is 11.8 Å². The number of likely N-dealkylation sites (tertiary alicyclic amines) is 1. The zero-order chi connectivity index (χ0) is 19.8. The van der Waals surface area contributed by atoms with Gasteiger partial charge in [-0.3, -0.25) is 14.6 Å². The van der Waals surface area contributed by atoms with Gasteiger partial charge in [0.1, 0.15) is 6.04 Å². The van der Waals surface area contributed by atoms with E-state index >= 15 is 0 Å². The topological polar surface area (TPSA) is 74.3 Å². The van der Waals surface area contributed by atoms with Gasteiger partial charge in [0.05, 0.1) is 5.56 Å². The molecule has 0 bridgehead atoms. The van der Waals surface area contributed by atoms with Crippen molar-refractivity contribution in [1.82, 2.24) is 20.5 Å². The number of piperidine rings is 1. The molecule has 0 saturated carbocycles. The summed E-state index contributed by atoms with van der Waals surface area (Å²) in [5.41, 5.74) is 1.48. The molecule has 3 rings (SSSR count). The second-order valence-corrected chi connectivity index (χ2v) is 7.31. The van der Waals surface area contributed by atoms with E-state index in [0.29, 0.717) is 17.9 Å². The molecule has 148 valence electrons. The molecular formula is C22H28N4O2. The van der Waals surface area contributed by atoms with E-state index in [1.807, 2.05) is 42.3 Å². The number of hydrogen-bond acceptors (Lipinski definition) is 4. The second-order valence-electron chi connectivity index (χ2n) is 7.31. The highest BCUT2D eigenvalue weighted by molar-refractivity contribution is 5.97. The number of amides is 2. The van der Waals surface area contributed by atoms with Crippen molar-refractivity contribution in [1.29, 1.82) is 0 Å². The van der Waals surface area contributed by atoms with E-state index < -0.39 is 6.04 Å². The van der Waals surface area contributed by atoms with Gasteiger partial charge in [0.25, 0.3) is 5.91 Å². The fourth-order valence-corrected chi connectivity index (χ4v) is 3.73. The van der Waals surface area contributed by atoms with Crippen molar-refractivity contribution in [2.75, 3.05) is 26.7 Å². The van der Waals surface area contributed by atoms with Crippen molar-refractivity contribution in [3.63, 3.8) is 0 Å². The molecule has 2 unspecified atom stereocenters. The van der Waals surface area contributed by atoms with Crippen molar-refractivity contribution in [3.05, 3.63) is 66.0 Å². The first-order chi connectivity index (χ1) is 13.7. The average molecular weight is 380 g/mol. The first-order valence-electron chi connectivity index (χ1n) is 9.85. The minimum Gasteiger partial charge on any atom is -0.341 e. The molecule has 0 radical (unpaired) electrons. The minimum atomic E-state index is -0.594. The third-order valence-corrected chi connectivity index (χ3v) is 5.13. The van der Waals surface area contributed by atoms with Crippen molar-refractivity contribution >= 4 is 11.8 Å². The lowest BCUT2D eigenvalue weighted by Crippen LogP contribution is -2.53. The smallest absolute Gasteiger partial charge is 0.253 e. The molecule has 1 aromatic heterocycles. The predicted molar refractivity (Wildman–Crippen MR) is 109 cm³/mol. The Balaban J connectivity index is 1.75. The molecule has 2 N–H and O–H groups in total. The molecule has 1 fully saturated rings. The maximum absolute atomic E-state index is 13.3. The number of aromatic nitrogens is 1. The van der Waals surface area contributed by atoms with Gasteiger partial charge in [0, 0.05) is 31.9 Å². The molecule has 1 saturated heterocycles. The Labute approximate surface area is 166 Å². The average Bonchev–Trinajstić information content (AvgIpc) is 2.74. The number of nitrogens with zero attached hydrogens (tertiary/aromatic N) is 2. The molecule has 1 aromatic carbocycles. The largest absolute Gasteiger partial charge is 0.341 e. The minimum absolute atomic E-state index is 0.0121. The van der Waals surface area contributed by atoms with E-state index in [0.717, 1.165) is 38.0 Å². The van der Waals surface area contributed by atoms with Gasteiger partial charge < -0.3 is 15.5 Å². The van der Waals surface area contributed by atoms with Crippen LogP contribution in [0, 0.1) is 5.92 Å². The standard InChI is InChI=1S/C22H28N4O2/c1-23-14-18-9-6-12-26(16-18)22(28)20(13-17-7-3-2-4-8-17)25-21(27)19-10-5-11-24-15-19/h2-5,7-8,10-11,15,18,20,23H,6,9,12-14,16H2,1H3,(H,25,27). The maximum Gasteiger partial charge on any atom is 0.253 e. The van der Waals surface area contributed by atoms with E-state index in [4.69, 9.17) is 0 Å². The van der Waals surface area contributed by atoms with Gasteiger partial charge >= 0.3 is 0 Å². The number of nitrogens with one attached hydrogen (secondary N) is 2. The van der Waals surface area contributed by atoms with Gasteiger partial charge in [-0.15, -0.1) is 0 Å². The van der Waals surface area contributed by atoms with Crippen LogP contribution in [-0.2, 0) is 11.2 Å². The SMILES string of the molecule is CNCC1CCCN(C(=O)C(Cc2ccccc2)NC(=O)c2cccnc2)C1. The molecule has 0 spiro atoms. The van der Waals surface area contributed by atoms with E-state index in [1.165, 1.54) is 6.20 Å². The Hall–Kier alpha value is -2.73. The predicted octanol–water partition coefficient (Wildman–Crippen LogP) is 1.88. The first-order valence-corrected chi connectivity index (χ1v) is 9.85. The summed E-state index contributed by atoms with van der Waals surface area (Å²) < 4.78 is 0. The molecule has 0 aliphatic carbocycles. The number of rotatable bonds is 7. The third kappa shape index (κ3) is 5.39. The van der Waals surface area contributed by atoms with E-state index in [1.54, 1.807) is 18.3 Å². The molecular weight excluding hydrogens is 352 g/mol. The molecule has 6 heteroatoms. The van der Waals surface area contributed by atoms with Crippen LogP contribution in [0.25, 0.3) is 0 Å². The Morgan fingerprint density at radius 1 is 1.21 bits per heavy atom. The summed E-state index contributed by atoms with van der Waals surface area (Å²) >= 11 is 0. The lowest BCUT2D eigenvalue weighted by Gasteiger charge is -2.35. The highest BCUT2D eigenvalue weighted by Crippen LogP contribution is 2.18. The number of benzene rings is 1. The van der Waals surface area contributed by atoms with Crippen LogP contribution < -0.4 is 10.6 Å². The first kappa shape index (κ1) is 20.0. The number of hydrogen-bond donors (Lipinski definition) is 2. The zero-order valence-corrected chi connectivity index (χ0v) is 16.3. The van der Waals surface area contributed by atoms with Crippen LogP contribution in [0.15, 0.2) is 54.9 Å². The molecule has 2 amide bonds. The third-order valence-electron chi connectivity index (χ3n) is 5.13. The van der Waals surface area contributed by atoms with Gasteiger partial charge in [-0.05, 0) is 50.0 Å². The fraction of sp³-hybridized carbons (Fsp3) is 0.409. The van der Waals surface area contributed by atoms with Crippen LogP contribution in [0.4, 0.5) is 0 Å². The second kappa shape index (κ2) is 9.99. The van der Waals surface area contributed by atoms with Crippen molar-refractivity contribution in [2.45, 2.75) is 25.3 Å². The highest BCUT2D eigenvalue weighted by Gasteiger charge is 2.30. The Morgan fingerprint density at radius 2 is 2.04 bits per heavy atom. The molecule has 6 nitrogen and oxygen atoms in total. The maximum atomic E-state index is 13.3. The summed E-state index contributed by atoms with van der Waals surface area (Å²) in [6, 6.07) is 12.6. The summed E-state index contributed by atoms with van der Waals surface area (Å²) in [5, 5.41) is 6.14. The van der Waals surface area contributed by atoms with Crippen LogP contribution in [0.3, 0.4) is 0 Å². The normalized spacial score (nSPS) is 17.8. The lowest BCUT2D eigenvalue weighted by molar-refractivity contribution is -0.135. The van der Waals surface area contributed by atoms with Gasteiger partial charge in [-0.1, -0.05) is 30.3 Å². The molecule has 2 heterocycles. The van der Waals surface area contributed by atoms with Crippen LogP contribution in [0.5, 0.6) is 0 Å². The summed E-state index contributed by atoms with van der Waals surface area (Å²) in [4.78, 5) is 31.9. The molecule has 2 aromatic rings. The monoisotopic (exact) mass is 380 g/mol. The van der Waals surface area contributed by atoms with E-state index in [9.17, 15) is 9.59 Å². The molecule has 2 atom stereocenters. The summed E-state index contributed by atoms with van der Waals surface area (Å²) in [5.74, 6) is 0.169. The Kier molecular flexibility index (Phi) is 7.14. The Morgan fingerprint density at radius 3 is 2.75 bits per heavy atom. The lowest BCUT2D eigenvalue weighted by atomic mass is 9.96. The highest BCUT2D eigenvalue weighted by atomic mass is 16.2. The number of pyridine rings is 1. The van der Waals surface area contributed by atoms with Gasteiger partial charge in [-0.25, -0.2) is 0 Å². The summed E-state index contributed by atoms with van der Waals surface area (Å²) in [7, 11) is 1.94. The molecule has 28 heavy (non-hydrogen) atoms. The van der Waals surface area contributed by atoms with Crippen molar-refractivity contribution < 1.29 is 9.59 Å². The number of carbonyl (C=O) groups excluding carboxylic acids is 2. The van der Waals surface area contributed by atoms with Crippen LogP contribution in [-0.4, -0.2) is 54.4 Å². The summed E-state index contributed by atoms with van der Waals surface area (Å²) in [6.07, 6.45) is 5.73. The van der Waals surface area contributed by atoms with Crippen LogP contribution in [0.1, 0.15) is 28.8 Å². The number of carbonyl (C=O) groups is 2. The molecule has 1 aliphatic rings. The van der Waals surface area contributed by atoms with E-state index in [2.05, 4.69) is 15.6 Å². The fourth-order valence-electron chi connectivity index (χ4n) is 3.73. The van der Waals surface area contributed by atoms with Crippen LogP contribution in [0.2, 0.25) is 0 Å². The zero-order valence-electron chi connectivity index (χ0n) is 16.3. The van der Waals surface area contributed by atoms with Crippen LogP contribution >= 0.6 is 0 Å². The van der Waals surface area contributed by atoms with Gasteiger partial charge in [-0.2, -0.15) is 0 Å². The van der Waals surface area contributed by atoms with Crippen molar-refractivity contribution in [2.24, 2.45) is 5.92 Å². The Bertz CT molecular complexity index is 765. The summed E-state index contributed by atoms with van der Waals surface area (Å²) in [6.45, 7) is 2.37.